The van der Waals surface area contributed by atoms with E-state index in [9.17, 15) is 19.3 Å². The van der Waals surface area contributed by atoms with Crippen LogP contribution in [-0.2, 0) is 4.74 Å². The van der Waals surface area contributed by atoms with E-state index in [0.717, 1.165) is 0 Å². The Morgan fingerprint density at radius 3 is 2.84 bits per heavy atom. The maximum Gasteiger partial charge on any atom is 0.407 e. The summed E-state index contributed by atoms with van der Waals surface area (Å²) in [6.45, 7) is 5.37. The maximum absolute atomic E-state index is 13.3. The first kappa shape index (κ1) is 18.9. The average Bonchev–Trinajstić information content (AvgIpc) is 2.52. The van der Waals surface area contributed by atoms with Gasteiger partial charge in [0, 0.05) is 25.2 Å². The molecule has 1 N–H and O–H groups in total. The lowest BCUT2D eigenvalue weighted by Gasteiger charge is -2.38. The molecule has 0 aliphatic carbocycles. The highest BCUT2D eigenvalue weighted by atomic mass is 19.1. The number of rotatable bonds is 4. The molecule has 8 nitrogen and oxygen atoms in total. The number of piperidine rings is 1. The van der Waals surface area contributed by atoms with Crippen LogP contribution in [0.2, 0.25) is 0 Å². The standard InChI is InChI=1S/C16H23FN4O4/c1-16(2,3)25-15(22)19-12-6-11(7-17)9-20(10-12)13-4-5-18-8-14(13)21(23)24/h4-5,8,11-12H,6-7,9-10H2,1-3H3,(H,19,22)/t11-,12-/m0/s1. The summed E-state index contributed by atoms with van der Waals surface area (Å²) in [5, 5.41) is 13.9. The van der Waals surface area contributed by atoms with E-state index in [0.29, 0.717) is 25.2 Å². The molecule has 1 fully saturated rings. The number of nitrogens with zero attached hydrogens (tertiary/aromatic N) is 3. The Balaban J connectivity index is 2.15. The number of alkyl halides is 1. The summed E-state index contributed by atoms with van der Waals surface area (Å²) in [7, 11) is 0. The summed E-state index contributed by atoms with van der Waals surface area (Å²) in [5.41, 5.74) is -0.408. The van der Waals surface area contributed by atoms with Crippen molar-refractivity contribution in [3.05, 3.63) is 28.6 Å². The molecule has 1 aromatic rings. The van der Waals surface area contributed by atoms with E-state index >= 15 is 0 Å². The topological polar surface area (TPSA) is 97.6 Å². The molecule has 1 aliphatic heterocycles. The van der Waals surface area contributed by atoms with Gasteiger partial charge in [0.05, 0.1) is 17.6 Å². The third kappa shape index (κ3) is 5.27. The largest absolute Gasteiger partial charge is 0.444 e. The zero-order chi connectivity index (χ0) is 18.6. The smallest absolute Gasteiger partial charge is 0.407 e. The Kier molecular flexibility index (Phi) is 5.76. The minimum Gasteiger partial charge on any atom is -0.444 e. The zero-order valence-electron chi connectivity index (χ0n) is 14.6. The van der Waals surface area contributed by atoms with Crippen molar-refractivity contribution < 1.29 is 18.8 Å². The summed E-state index contributed by atoms with van der Waals surface area (Å²) in [6, 6.07) is 1.17. The second kappa shape index (κ2) is 7.62. The predicted molar refractivity (Wildman–Crippen MR) is 90.3 cm³/mol. The van der Waals surface area contributed by atoms with Gasteiger partial charge in [-0.05, 0) is 33.3 Å². The second-order valence-corrected chi connectivity index (χ2v) is 7.13. The van der Waals surface area contributed by atoms with E-state index in [1.54, 1.807) is 25.7 Å². The monoisotopic (exact) mass is 354 g/mol. The molecule has 1 aliphatic rings. The number of carbonyl (C=O) groups excluding carboxylic acids is 1. The molecule has 1 amide bonds. The van der Waals surface area contributed by atoms with Crippen molar-refractivity contribution >= 4 is 17.5 Å². The van der Waals surface area contributed by atoms with Gasteiger partial charge in [0.25, 0.3) is 0 Å². The van der Waals surface area contributed by atoms with Crippen LogP contribution in [0.25, 0.3) is 0 Å². The Bertz CT molecular complexity index is 635. The van der Waals surface area contributed by atoms with Gasteiger partial charge in [-0.15, -0.1) is 0 Å². The number of aromatic nitrogens is 1. The van der Waals surface area contributed by atoms with Crippen molar-refractivity contribution in [1.82, 2.24) is 10.3 Å². The third-order valence-electron chi connectivity index (χ3n) is 3.79. The molecule has 2 rings (SSSR count). The van der Waals surface area contributed by atoms with Crippen molar-refractivity contribution in [3.63, 3.8) is 0 Å². The van der Waals surface area contributed by atoms with Crippen LogP contribution in [0, 0.1) is 16.0 Å². The predicted octanol–water partition coefficient (Wildman–Crippen LogP) is 2.68. The normalized spacial score (nSPS) is 20.9. The van der Waals surface area contributed by atoms with Crippen molar-refractivity contribution in [3.8, 4) is 0 Å². The van der Waals surface area contributed by atoms with Crippen molar-refractivity contribution in [2.45, 2.75) is 38.8 Å². The van der Waals surface area contributed by atoms with E-state index in [2.05, 4.69) is 10.3 Å². The molecule has 0 aromatic carbocycles. The van der Waals surface area contributed by atoms with E-state index in [-0.39, 0.29) is 17.6 Å². The zero-order valence-corrected chi connectivity index (χ0v) is 14.6. The molecule has 0 saturated carbocycles. The molecule has 9 heteroatoms. The number of carbonyl (C=O) groups is 1. The number of hydrogen-bond acceptors (Lipinski definition) is 6. The van der Waals surface area contributed by atoms with E-state index < -0.39 is 23.3 Å². The molecule has 0 unspecified atom stereocenters. The molecule has 25 heavy (non-hydrogen) atoms. The highest BCUT2D eigenvalue weighted by Crippen LogP contribution is 2.30. The number of amides is 1. The van der Waals surface area contributed by atoms with Gasteiger partial charge >= 0.3 is 11.8 Å². The van der Waals surface area contributed by atoms with Crippen LogP contribution in [0.15, 0.2) is 18.5 Å². The highest BCUT2D eigenvalue weighted by Gasteiger charge is 2.32. The van der Waals surface area contributed by atoms with Crippen molar-refractivity contribution in [2.75, 3.05) is 24.7 Å². The molecule has 1 saturated heterocycles. The van der Waals surface area contributed by atoms with Crippen LogP contribution >= 0.6 is 0 Å². The molecule has 0 spiro atoms. The van der Waals surface area contributed by atoms with E-state index in [1.165, 1.54) is 18.5 Å². The van der Waals surface area contributed by atoms with Crippen LogP contribution < -0.4 is 10.2 Å². The number of nitro groups is 1. The minimum atomic E-state index is -0.637. The highest BCUT2D eigenvalue weighted by molar-refractivity contribution is 5.68. The Morgan fingerprint density at radius 2 is 2.24 bits per heavy atom. The number of halogens is 1. The van der Waals surface area contributed by atoms with Gasteiger partial charge in [0.2, 0.25) is 0 Å². The lowest BCUT2D eigenvalue weighted by molar-refractivity contribution is -0.384. The molecule has 0 radical (unpaired) electrons. The Morgan fingerprint density at radius 1 is 1.52 bits per heavy atom. The summed E-state index contributed by atoms with van der Waals surface area (Å²) >= 11 is 0. The van der Waals surface area contributed by atoms with Crippen LogP contribution in [0.4, 0.5) is 20.6 Å². The lowest BCUT2D eigenvalue weighted by Crippen LogP contribution is -2.52. The minimum absolute atomic E-state index is 0.141. The van der Waals surface area contributed by atoms with Crippen LogP contribution in [0.3, 0.4) is 0 Å². The molecule has 0 bridgehead atoms. The van der Waals surface area contributed by atoms with Crippen molar-refractivity contribution in [2.24, 2.45) is 5.92 Å². The van der Waals surface area contributed by atoms with E-state index in [4.69, 9.17) is 4.74 Å². The molecular weight excluding hydrogens is 331 g/mol. The Hall–Kier alpha value is -2.45. The van der Waals surface area contributed by atoms with Gasteiger partial charge in [-0.2, -0.15) is 0 Å². The first-order valence-corrected chi connectivity index (χ1v) is 8.08. The number of nitrogens with one attached hydrogen (secondary N) is 1. The first-order valence-electron chi connectivity index (χ1n) is 8.08. The summed E-state index contributed by atoms with van der Waals surface area (Å²) in [4.78, 5) is 28.2. The first-order chi connectivity index (χ1) is 11.7. The number of alkyl carbamates (subject to hydrolysis) is 1. The van der Waals surface area contributed by atoms with Gasteiger partial charge in [-0.25, -0.2) is 4.79 Å². The van der Waals surface area contributed by atoms with Gasteiger partial charge in [0.1, 0.15) is 17.5 Å². The molecule has 2 heterocycles. The maximum atomic E-state index is 13.3. The molecule has 2 atom stereocenters. The lowest BCUT2D eigenvalue weighted by atomic mass is 9.95. The number of ether oxygens (including phenoxy) is 1. The fourth-order valence-electron chi connectivity index (χ4n) is 2.88. The molecular formula is C16H23FN4O4. The second-order valence-electron chi connectivity index (χ2n) is 7.13. The summed E-state index contributed by atoms with van der Waals surface area (Å²) < 4.78 is 18.5. The Labute approximate surface area is 145 Å². The van der Waals surface area contributed by atoms with Crippen molar-refractivity contribution in [1.29, 1.82) is 0 Å². The molecule has 1 aromatic heterocycles. The summed E-state index contributed by atoms with van der Waals surface area (Å²) in [5.74, 6) is -0.332. The van der Waals surface area contributed by atoms with Crippen LogP contribution in [0.5, 0.6) is 0 Å². The van der Waals surface area contributed by atoms with Gasteiger partial charge in [-0.3, -0.25) is 19.5 Å². The fraction of sp³-hybridized carbons (Fsp3) is 0.625. The van der Waals surface area contributed by atoms with E-state index in [1.807, 2.05) is 0 Å². The number of pyridine rings is 1. The fourth-order valence-corrected chi connectivity index (χ4v) is 2.88. The molecule has 138 valence electrons. The van der Waals surface area contributed by atoms with Crippen LogP contribution in [0.1, 0.15) is 27.2 Å². The summed E-state index contributed by atoms with van der Waals surface area (Å²) in [6.07, 6.45) is 2.49. The van der Waals surface area contributed by atoms with Crippen LogP contribution in [-0.4, -0.2) is 47.4 Å². The number of anilines is 1. The number of hydrogen-bond donors (Lipinski definition) is 1. The average molecular weight is 354 g/mol. The van der Waals surface area contributed by atoms with Gasteiger partial charge < -0.3 is 15.0 Å². The van der Waals surface area contributed by atoms with Gasteiger partial charge in [0.15, 0.2) is 0 Å². The SMILES string of the molecule is CC(C)(C)OC(=O)N[C@H]1C[C@@H](CF)CN(c2ccncc2[N+](=O)[O-])C1. The quantitative estimate of drug-likeness (QED) is 0.659. The van der Waals surface area contributed by atoms with Gasteiger partial charge in [-0.1, -0.05) is 0 Å². The third-order valence-corrected chi connectivity index (χ3v) is 3.79.